The third kappa shape index (κ3) is 13.8. The van der Waals surface area contributed by atoms with Crippen LogP contribution >= 0.6 is 0 Å². The molecule has 206 valence electrons. The lowest BCUT2D eigenvalue weighted by atomic mass is 10.0. The third-order valence-corrected chi connectivity index (χ3v) is 7.97. The molecule has 1 heterocycles. The Morgan fingerprint density at radius 2 is 0.778 bits per heavy atom. The van der Waals surface area contributed by atoms with Crippen LogP contribution in [0.1, 0.15) is 160 Å². The molecule has 0 fully saturated rings. The van der Waals surface area contributed by atoms with Crippen molar-refractivity contribution >= 4 is 0 Å². The summed E-state index contributed by atoms with van der Waals surface area (Å²) < 4.78 is 0. The van der Waals surface area contributed by atoms with E-state index in [1.807, 2.05) is 0 Å². The quantitative estimate of drug-likeness (QED) is 0.131. The Balaban J connectivity index is 1.54. The van der Waals surface area contributed by atoms with Crippen molar-refractivity contribution in [3.63, 3.8) is 0 Å². The Morgan fingerprint density at radius 1 is 0.444 bits per heavy atom. The van der Waals surface area contributed by atoms with E-state index >= 15 is 0 Å². The maximum absolute atomic E-state index is 2.59. The van der Waals surface area contributed by atoms with E-state index in [0.29, 0.717) is 6.17 Å². The van der Waals surface area contributed by atoms with Gasteiger partial charge in [-0.05, 0) is 18.4 Å². The van der Waals surface area contributed by atoms with Crippen LogP contribution in [0.15, 0.2) is 42.7 Å². The Kier molecular flexibility index (Phi) is 18.5. The molecule has 0 N–H and O–H groups in total. The molecular weight excluding hydrogens is 436 g/mol. The van der Waals surface area contributed by atoms with E-state index in [1.54, 1.807) is 0 Å². The van der Waals surface area contributed by atoms with Gasteiger partial charge in [0.15, 0.2) is 0 Å². The second-order valence-electron chi connectivity index (χ2n) is 11.3. The molecule has 1 aromatic carbocycles. The summed E-state index contributed by atoms with van der Waals surface area (Å²) in [6, 6.07) is 11.2. The van der Waals surface area contributed by atoms with E-state index in [2.05, 4.69) is 66.4 Å². The summed E-state index contributed by atoms with van der Waals surface area (Å²) in [5, 5.41) is 0. The summed E-state index contributed by atoms with van der Waals surface area (Å²) in [5.74, 6) is 0. The second-order valence-corrected chi connectivity index (χ2v) is 11.3. The molecule has 0 amide bonds. The molecule has 0 saturated carbocycles. The molecule has 36 heavy (non-hydrogen) atoms. The van der Waals surface area contributed by atoms with Crippen molar-refractivity contribution in [1.29, 1.82) is 0 Å². The maximum Gasteiger partial charge on any atom is 0.127 e. The van der Waals surface area contributed by atoms with Gasteiger partial charge in [-0.15, -0.1) is 0 Å². The zero-order valence-electron chi connectivity index (χ0n) is 24.3. The lowest BCUT2D eigenvalue weighted by Gasteiger charge is -2.33. The molecule has 0 saturated heterocycles. The molecule has 0 bridgehead atoms. The van der Waals surface area contributed by atoms with Crippen LogP contribution < -0.4 is 0 Å². The number of unbranched alkanes of at least 4 members (excludes halogenated alkanes) is 19. The van der Waals surface area contributed by atoms with E-state index in [1.165, 1.54) is 153 Å². The topological polar surface area (TPSA) is 6.48 Å². The Bertz CT molecular complexity index is 625. The van der Waals surface area contributed by atoms with Crippen LogP contribution in [0.3, 0.4) is 0 Å². The lowest BCUT2D eigenvalue weighted by molar-refractivity contribution is 0.149. The summed E-state index contributed by atoms with van der Waals surface area (Å²) in [6.07, 6.45) is 34.8. The van der Waals surface area contributed by atoms with Crippen LogP contribution in [0, 0.1) is 0 Å². The Morgan fingerprint density at radius 3 is 1.14 bits per heavy atom. The Hall–Kier alpha value is -1.44. The smallest absolute Gasteiger partial charge is 0.127 e. The fraction of sp³-hybridized carbons (Fsp3) is 0.765. The van der Waals surface area contributed by atoms with Crippen molar-refractivity contribution in [1.82, 2.24) is 9.80 Å². The first-order valence-electron chi connectivity index (χ1n) is 16.1. The summed E-state index contributed by atoms with van der Waals surface area (Å²) in [7, 11) is 0. The van der Waals surface area contributed by atoms with E-state index in [4.69, 9.17) is 0 Å². The molecule has 1 unspecified atom stereocenters. The molecule has 2 heteroatoms. The number of hydrogen-bond donors (Lipinski definition) is 0. The van der Waals surface area contributed by atoms with Gasteiger partial charge < -0.3 is 9.80 Å². The average molecular weight is 497 g/mol. The second kappa shape index (κ2) is 21.6. The van der Waals surface area contributed by atoms with Gasteiger partial charge in [-0.1, -0.05) is 166 Å². The van der Waals surface area contributed by atoms with Gasteiger partial charge in [-0.3, -0.25) is 0 Å². The highest BCUT2D eigenvalue weighted by molar-refractivity contribution is 5.21. The van der Waals surface area contributed by atoms with Gasteiger partial charge in [0, 0.05) is 25.5 Å². The minimum atomic E-state index is 0.397. The predicted molar refractivity (Wildman–Crippen MR) is 160 cm³/mol. The van der Waals surface area contributed by atoms with Gasteiger partial charge >= 0.3 is 0 Å². The highest BCUT2D eigenvalue weighted by Gasteiger charge is 2.26. The zero-order chi connectivity index (χ0) is 25.5. The normalized spacial score (nSPS) is 15.3. The van der Waals surface area contributed by atoms with Gasteiger partial charge in [0.25, 0.3) is 0 Å². The molecule has 1 aromatic rings. The molecule has 2 rings (SSSR count). The van der Waals surface area contributed by atoms with Crippen molar-refractivity contribution in [2.75, 3.05) is 13.1 Å². The molecule has 0 aliphatic carbocycles. The lowest BCUT2D eigenvalue weighted by Crippen LogP contribution is -2.32. The fourth-order valence-electron chi connectivity index (χ4n) is 5.67. The van der Waals surface area contributed by atoms with Crippen molar-refractivity contribution < 1.29 is 0 Å². The van der Waals surface area contributed by atoms with E-state index in [9.17, 15) is 0 Å². The van der Waals surface area contributed by atoms with Crippen LogP contribution in [-0.4, -0.2) is 22.9 Å². The fourth-order valence-corrected chi connectivity index (χ4v) is 5.67. The third-order valence-electron chi connectivity index (χ3n) is 7.97. The average Bonchev–Trinajstić information content (AvgIpc) is 3.31. The number of nitrogens with zero attached hydrogens (tertiary/aromatic N) is 2. The monoisotopic (exact) mass is 496 g/mol. The van der Waals surface area contributed by atoms with Crippen LogP contribution in [0.2, 0.25) is 0 Å². The summed E-state index contributed by atoms with van der Waals surface area (Å²) >= 11 is 0. The molecule has 0 spiro atoms. The van der Waals surface area contributed by atoms with Crippen LogP contribution in [0.5, 0.6) is 0 Å². The van der Waals surface area contributed by atoms with Gasteiger partial charge in [0.1, 0.15) is 6.17 Å². The first-order chi connectivity index (χ1) is 17.9. The molecule has 0 radical (unpaired) electrons. The van der Waals surface area contributed by atoms with Crippen molar-refractivity contribution in [3.05, 3.63) is 48.3 Å². The largest absolute Gasteiger partial charge is 0.352 e. The van der Waals surface area contributed by atoms with E-state index in [0.717, 1.165) is 0 Å². The van der Waals surface area contributed by atoms with Gasteiger partial charge in [0.05, 0.1) is 0 Å². The molecule has 1 atom stereocenters. The minimum absolute atomic E-state index is 0.397. The highest BCUT2D eigenvalue weighted by Crippen LogP contribution is 2.31. The van der Waals surface area contributed by atoms with E-state index < -0.39 is 0 Å². The minimum Gasteiger partial charge on any atom is -0.352 e. The molecule has 1 aliphatic heterocycles. The van der Waals surface area contributed by atoms with Crippen molar-refractivity contribution in [2.24, 2.45) is 0 Å². The summed E-state index contributed by atoms with van der Waals surface area (Å²) in [6.45, 7) is 6.96. The number of hydrogen-bond acceptors (Lipinski definition) is 2. The van der Waals surface area contributed by atoms with Crippen molar-refractivity contribution in [3.8, 4) is 0 Å². The van der Waals surface area contributed by atoms with Gasteiger partial charge in [0.2, 0.25) is 0 Å². The molecule has 2 nitrogen and oxygen atoms in total. The standard InChI is InChI=1S/C34H60N2/c1-3-5-7-9-11-12-13-14-15-16-17-18-19-21-26-30-36-32-31-35(29-25-20-10-8-6-4-2)34(36)33-27-23-22-24-28-33/h22-24,27-28,31-32,34H,3-21,25-26,29-30H2,1-2H3. The number of rotatable bonds is 24. The summed E-state index contributed by atoms with van der Waals surface area (Å²) in [5.41, 5.74) is 1.44. The molecule has 1 aliphatic rings. The molecule has 0 aromatic heterocycles. The van der Waals surface area contributed by atoms with Gasteiger partial charge in [-0.25, -0.2) is 0 Å². The van der Waals surface area contributed by atoms with Crippen LogP contribution in [0.4, 0.5) is 0 Å². The van der Waals surface area contributed by atoms with Gasteiger partial charge in [-0.2, -0.15) is 0 Å². The van der Waals surface area contributed by atoms with E-state index in [-0.39, 0.29) is 0 Å². The predicted octanol–water partition coefficient (Wildman–Crippen LogP) is 11.0. The van der Waals surface area contributed by atoms with Crippen LogP contribution in [0.25, 0.3) is 0 Å². The zero-order valence-corrected chi connectivity index (χ0v) is 24.3. The highest BCUT2D eigenvalue weighted by atomic mass is 15.4. The Labute approximate surface area is 225 Å². The first-order valence-corrected chi connectivity index (χ1v) is 16.1. The first kappa shape index (κ1) is 30.8. The SMILES string of the molecule is CCCCCCCCCCCCCCCCCN1C=CN(CCCCCCCC)C1c1ccccc1. The van der Waals surface area contributed by atoms with Crippen LogP contribution in [-0.2, 0) is 0 Å². The molecular formula is C34H60N2. The summed E-state index contributed by atoms with van der Waals surface area (Å²) in [4.78, 5) is 5.18. The number of benzene rings is 1. The van der Waals surface area contributed by atoms with Crippen molar-refractivity contribution in [2.45, 2.75) is 155 Å². The maximum atomic E-state index is 2.59.